The van der Waals surface area contributed by atoms with Crippen molar-refractivity contribution in [2.75, 3.05) is 12.0 Å². The average molecular weight is 474 g/mol. The highest BCUT2D eigenvalue weighted by Gasteiger charge is 2.43. The molecule has 1 aromatic heterocycles. The molecule has 2 fully saturated rings. The van der Waals surface area contributed by atoms with E-state index < -0.39 is 11.4 Å². The molecule has 2 aromatic rings. The van der Waals surface area contributed by atoms with E-state index >= 15 is 0 Å². The van der Waals surface area contributed by atoms with E-state index in [2.05, 4.69) is 0 Å². The van der Waals surface area contributed by atoms with Gasteiger partial charge in [-0.3, -0.25) is 4.79 Å². The SMILES string of the molecule is COC(=O)c1sc(-c2cccc(F)c2)cc1N(C(=O)C1(C)CCCCC1)C1CCC(O)CC1. The Labute approximate surface area is 198 Å². The Hall–Kier alpha value is -2.25. The predicted octanol–water partition coefficient (Wildman–Crippen LogP) is 5.95. The van der Waals surface area contributed by atoms with Gasteiger partial charge in [0.1, 0.15) is 10.7 Å². The number of rotatable bonds is 5. The summed E-state index contributed by atoms with van der Waals surface area (Å²) in [7, 11) is 1.33. The normalized spacial score (nSPS) is 22.5. The lowest BCUT2D eigenvalue weighted by Crippen LogP contribution is -2.50. The molecule has 0 saturated heterocycles. The van der Waals surface area contributed by atoms with Crippen molar-refractivity contribution in [1.29, 1.82) is 0 Å². The standard InChI is InChI=1S/C26H32FNO4S/c1-26(13-4-3-5-14-26)25(31)28(19-9-11-20(29)12-10-19)21-16-22(33-23(21)24(30)32-2)17-7-6-8-18(27)15-17/h6-8,15-16,19-20,29H,3-5,9-14H2,1-2H3. The molecule has 0 spiro atoms. The summed E-state index contributed by atoms with van der Waals surface area (Å²) in [6.07, 6.45) is 7.06. The number of amides is 1. The molecule has 1 heterocycles. The molecule has 0 radical (unpaired) electrons. The maximum atomic E-state index is 14.1. The van der Waals surface area contributed by atoms with E-state index in [0.29, 0.717) is 46.7 Å². The third kappa shape index (κ3) is 4.99. The number of aliphatic hydroxyl groups is 1. The van der Waals surface area contributed by atoms with E-state index in [0.717, 1.165) is 32.1 Å². The molecule has 7 heteroatoms. The van der Waals surface area contributed by atoms with E-state index in [4.69, 9.17) is 4.74 Å². The van der Waals surface area contributed by atoms with Gasteiger partial charge >= 0.3 is 5.97 Å². The maximum Gasteiger partial charge on any atom is 0.350 e. The van der Waals surface area contributed by atoms with Gasteiger partial charge in [0.2, 0.25) is 5.91 Å². The zero-order valence-electron chi connectivity index (χ0n) is 19.3. The van der Waals surface area contributed by atoms with Gasteiger partial charge in [0.15, 0.2) is 0 Å². The molecule has 0 aliphatic heterocycles. The van der Waals surface area contributed by atoms with Gasteiger partial charge in [-0.2, -0.15) is 0 Å². The van der Waals surface area contributed by atoms with Crippen LogP contribution >= 0.6 is 11.3 Å². The molecule has 33 heavy (non-hydrogen) atoms. The summed E-state index contributed by atoms with van der Waals surface area (Å²) in [6.45, 7) is 2.04. The summed E-state index contributed by atoms with van der Waals surface area (Å²) in [4.78, 5) is 29.8. The molecule has 0 bridgehead atoms. The highest BCUT2D eigenvalue weighted by molar-refractivity contribution is 7.18. The van der Waals surface area contributed by atoms with Crippen LogP contribution in [0.25, 0.3) is 10.4 Å². The summed E-state index contributed by atoms with van der Waals surface area (Å²) in [5.74, 6) is -0.816. The number of halogens is 1. The quantitative estimate of drug-likeness (QED) is 0.545. The van der Waals surface area contributed by atoms with Gasteiger partial charge in [-0.05, 0) is 62.3 Å². The number of nitrogens with zero attached hydrogens (tertiary/aromatic N) is 1. The zero-order valence-corrected chi connectivity index (χ0v) is 20.1. The first-order chi connectivity index (χ1) is 15.8. The number of carbonyl (C=O) groups is 2. The largest absolute Gasteiger partial charge is 0.465 e. The fourth-order valence-electron chi connectivity index (χ4n) is 5.21. The molecule has 4 rings (SSSR count). The molecule has 1 aromatic carbocycles. The van der Waals surface area contributed by atoms with Gasteiger partial charge in [0.25, 0.3) is 0 Å². The summed E-state index contributed by atoms with van der Waals surface area (Å²) in [5.41, 5.74) is 0.721. The van der Waals surface area contributed by atoms with Crippen LogP contribution in [0.1, 0.15) is 74.4 Å². The van der Waals surface area contributed by atoms with Crippen molar-refractivity contribution in [3.63, 3.8) is 0 Å². The van der Waals surface area contributed by atoms with Gasteiger partial charge in [-0.15, -0.1) is 11.3 Å². The van der Waals surface area contributed by atoms with Crippen LogP contribution in [0.15, 0.2) is 30.3 Å². The van der Waals surface area contributed by atoms with Crippen molar-refractivity contribution in [2.45, 2.75) is 76.9 Å². The first-order valence-electron chi connectivity index (χ1n) is 11.8. The van der Waals surface area contributed by atoms with E-state index in [1.54, 1.807) is 12.1 Å². The summed E-state index contributed by atoms with van der Waals surface area (Å²) >= 11 is 1.23. The molecule has 0 unspecified atom stereocenters. The van der Waals surface area contributed by atoms with Crippen LogP contribution in [0.5, 0.6) is 0 Å². The number of methoxy groups -OCH3 is 1. The fourth-order valence-corrected chi connectivity index (χ4v) is 6.27. The van der Waals surface area contributed by atoms with E-state index in [1.807, 2.05) is 17.9 Å². The first-order valence-corrected chi connectivity index (χ1v) is 12.6. The number of ether oxygens (including phenoxy) is 1. The van der Waals surface area contributed by atoms with Crippen LogP contribution in [0, 0.1) is 11.2 Å². The lowest BCUT2D eigenvalue weighted by molar-refractivity contribution is -0.129. The molecule has 5 nitrogen and oxygen atoms in total. The lowest BCUT2D eigenvalue weighted by Gasteiger charge is -2.42. The van der Waals surface area contributed by atoms with Gasteiger partial charge in [0, 0.05) is 16.3 Å². The average Bonchev–Trinajstić information content (AvgIpc) is 3.25. The van der Waals surface area contributed by atoms with Crippen LogP contribution in [0.2, 0.25) is 0 Å². The second-order valence-electron chi connectivity index (χ2n) is 9.59. The van der Waals surface area contributed by atoms with Crippen LogP contribution in [-0.4, -0.2) is 36.2 Å². The number of aliphatic hydroxyl groups excluding tert-OH is 1. The number of thiophene rings is 1. The Morgan fingerprint density at radius 3 is 2.45 bits per heavy atom. The zero-order chi connectivity index (χ0) is 23.6. The Kier molecular flexibility index (Phi) is 7.19. The fraction of sp³-hybridized carbons (Fsp3) is 0.538. The summed E-state index contributed by atoms with van der Waals surface area (Å²) in [5, 5.41) is 10.1. The first kappa shape index (κ1) is 23.9. The van der Waals surface area contributed by atoms with Crippen LogP contribution in [0.4, 0.5) is 10.1 Å². The number of carbonyl (C=O) groups excluding carboxylic acids is 2. The molecule has 0 atom stereocenters. The third-order valence-corrected chi connectivity index (χ3v) is 8.33. The number of hydrogen-bond acceptors (Lipinski definition) is 5. The molecule has 2 aliphatic carbocycles. The van der Waals surface area contributed by atoms with Crippen LogP contribution < -0.4 is 4.90 Å². The number of esters is 1. The smallest absolute Gasteiger partial charge is 0.350 e. The van der Waals surface area contributed by atoms with Gasteiger partial charge in [-0.1, -0.05) is 38.3 Å². The highest BCUT2D eigenvalue weighted by Crippen LogP contribution is 2.44. The second-order valence-corrected chi connectivity index (χ2v) is 10.6. The van der Waals surface area contributed by atoms with Gasteiger partial charge < -0.3 is 14.7 Å². The minimum absolute atomic E-state index is 0.0392. The van der Waals surface area contributed by atoms with E-state index in [-0.39, 0.29) is 23.9 Å². The minimum Gasteiger partial charge on any atom is -0.465 e. The Morgan fingerprint density at radius 1 is 1.12 bits per heavy atom. The minimum atomic E-state index is -0.500. The molecule has 1 N–H and O–H groups in total. The molecular weight excluding hydrogens is 441 g/mol. The van der Waals surface area contributed by atoms with E-state index in [1.165, 1.54) is 30.6 Å². The van der Waals surface area contributed by atoms with Gasteiger partial charge in [0.05, 0.1) is 18.9 Å². The van der Waals surface area contributed by atoms with Crippen molar-refractivity contribution in [1.82, 2.24) is 0 Å². The molecular formula is C26H32FNO4S. The number of anilines is 1. The van der Waals surface area contributed by atoms with Crippen molar-refractivity contribution in [3.8, 4) is 10.4 Å². The number of benzene rings is 1. The lowest BCUT2D eigenvalue weighted by atomic mass is 9.74. The summed E-state index contributed by atoms with van der Waals surface area (Å²) < 4.78 is 19.0. The third-order valence-electron chi connectivity index (χ3n) is 7.18. The second kappa shape index (κ2) is 9.94. The van der Waals surface area contributed by atoms with Crippen molar-refractivity contribution in [2.24, 2.45) is 5.41 Å². The van der Waals surface area contributed by atoms with Crippen LogP contribution in [0.3, 0.4) is 0 Å². The molecule has 2 saturated carbocycles. The monoisotopic (exact) mass is 473 g/mol. The molecule has 178 valence electrons. The van der Waals surface area contributed by atoms with Crippen molar-refractivity contribution in [3.05, 3.63) is 41.0 Å². The maximum absolute atomic E-state index is 14.1. The van der Waals surface area contributed by atoms with Crippen molar-refractivity contribution >= 4 is 28.9 Å². The summed E-state index contributed by atoms with van der Waals surface area (Å²) in [6, 6.07) is 7.98. The Bertz CT molecular complexity index is 1010. The van der Waals surface area contributed by atoms with Crippen molar-refractivity contribution < 1.29 is 23.8 Å². The number of hydrogen-bond donors (Lipinski definition) is 1. The highest BCUT2D eigenvalue weighted by atomic mass is 32.1. The Morgan fingerprint density at radius 2 is 1.82 bits per heavy atom. The molecule has 1 amide bonds. The Balaban J connectivity index is 1.81. The van der Waals surface area contributed by atoms with Crippen LogP contribution in [-0.2, 0) is 9.53 Å². The topological polar surface area (TPSA) is 66.8 Å². The van der Waals surface area contributed by atoms with E-state index in [9.17, 15) is 19.1 Å². The molecule has 2 aliphatic rings. The predicted molar refractivity (Wildman–Crippen MR) is 128 cm³/mol. The van der Waals surface area contributed by atoms with Gasteiger partial charge in [-0.25, -0.2) is 9.18 Å².